The first kappa shape index (κ1) is 24.6. The summed E-state index contributed by atoms with van der Waals surface area (Å²) < 4.78 is 17.2. The van der Waals surface area contributed by atoms with Crippen LogP contribution in [0.1, 0.15) is 36.4 Å². The first-order chi connectivity index (χ1) is 17.3. The lowest BCUT2D eigenvalue weighted by Crippen LogP contribution is -2.37. The summed E-state index contributed by atoms with van der Waals surface area (Å²) >= 11 is 0. The summed E-state index contributed by atoms with van der Waals surface area (Å²) in [6, 6.07) is 24.6. The fraction of sp³-hybridized carbons (Fsp3) is 0.200. The Morgan fingerprint density at radius 1 is 0.917 bits per heavy atom. The first-order valence-electron chi connectivity index (χ1n) is 11.6. The quantitative estimate of drug-likeness (QED) is 0.315. The number of benzene rings is 3. The molecular formula is C30H27NO5. The van der Waals surface area contributed by atoms with Crippen molar-refractivity contribution in [2.45, 2.75) is 32.8 Å². The number of aromatic nitrogens is 1. The van der Waals surface area contributed by atoms with Crippen molar-refractivity contribution in [1.29, 1.82) is 0 Å². The highest BCUT2D eigenvalue weighted by Crippen LogP contribution is 2.24. The van der Waals surface area contributed by atoms with Gasteiger partial charge in [0, 0.05) is 23.1 Å². The molecule has 6 heteroatoms. The number of hydrogen-bond donors (Lipinski definition) is 1. The van der Waals surface area contributed by atoms with E-state index in [1.807, 2.05) is 61.5 Å². The lowest BCUT2D eigenvalue weighted by Gasteiger charge is -2.21. The second-order valence-electron chi connectivity index (χ2n) is 8.70. The molecule has 1 aromatic heterocycles. The molecule has 0 atom stereocenters. The van der Waals surface area contributed by atoms with Crippen LogP contribution in [0.15, 0.2) is 83.3 Å². The van der Waals surface area contributed by atoms with E-state index in [-0.39, 0.29) is 0 Å². The molecule has 6 nitrogen and oxygen atoms in total. The van der Waals surface area contributed by atoms with Gasteiger partial charge in [-0.3, -0.25) is 0 Å². The number of carbonyl (C=O) groups is 1. The summed E-state index contributed by atoms with van der Waals surface area (Å²) in [7, 11) is 0. The van der Waals surface area contributed by atoms with E-state index in [0.29, 0.717) is 30.4 Å². The highest BCUT2D eigenvalue weighted by molar-refractivity contribution is 5.76. The Bertz CT molecular complexity index is 1380. The average molecular weight is 482 g/mol. The van der Waals surface area contributed by atoms with Crippen LogP contribution in [0.25, 0.3) is 11.5 Å². The zero-order valence-corrected chi connectivity index (χ0v) is 20.4. The van der Waals surface area contributed by atoms with Crippen LogP contribution in [0.5, 0.6) is 11.5 Å². The number of rotatable bonds is 8. The summed E-state index contributed by atoms with van der Waals surface area (Å²) in [5.74, 6) is 7.72. The van der Waals surface area contributed by atoms with Gasteiger partial charge in [-0.1, -0.05) is 30.0 Å². The molecule has 0 amide bonds. The highest BCUT2D eigenvalue weighted by Gasteiger charge is 2.29. The molecular weight excluding hydrogens is 454 g/mol. The lowest BCUT2D eigenvalue weighted by atomic mass is 10.1. The summed E-state index contributed by atoms with van der Waals surface area (Å²) in [5, 5.41) is 9.18. The molecule has 0 unspecified atom stereocenters. The molecule has 1 heterocycles. The maximum absolute atomic E-state index is 11.2. The first-order valence-corrected chi connectivity index (χ1v) is 11.6. The topological polar surface area (TPSA) is 81.8 Å². The number of carboxylic acid groups (broad SMARTS) is 1. The molecule has 36 heavy (non-hydrogen) atoms. The number of ether oxygens (including phenoxy) is 2. The Kier molecular flexibility index (Phi) is 7.41. The molecule has 0 saturated heterocycles. The molecule has 0 bridgehead atoms. The molecule has 0 radical (unpaired) electrons. The van der Waals surface area contributed by atoms with E-state index in [1.165, 1.54) is 13.8 Å². The number of oxazole rings is 1. The zero-order chi connectivity index (χ0) is 25.5. The predicted octanol–water partition coefficient (Wildman–Crippen LogP) is 5.91. The maximum atomic E-state index is 11.2. The van der Waals surface area contributed by atoms with Crippen LogP contribution < -0.4 is 9.47 Å². The fourth-order valence-electron chi connectivity index (χ4n) is 3.35. The van der Waals surface area contributed by atoms with Crippen LogP contribution in [0.4, 0.5) is 0 Å². The second-order valence-corrected chi connectivity index (χ2v) is 8.70. The third-order valence-corrected chi connectivity index (χ3v) is 5.47. The van der Waals surface area contributed by atoms with Crippen molar-refractivity contribution in [3.63, 3.8) is 0 Å². The third-order valence-electron chi connectivity index (χ3n) is 5.47. The van der Waals surface area contributed by atoms with Crippen LogP contribution in [-0.4, -0.2) is 28.3 Å². The molecule has 4 rings (SSSR count). The third kappa shape index (κ3) is 6.34. The van der Waals surface area contributed by atoms with E-state index in [2.05, 4.69) is 16.8 Å². The number of carboxylic acids is 1. The van der Waals surface area contributed by atoms with Crippen molar-refractivity contribution >= 4 is 5.97 Å². The van der Waals surface area contributed by atoms with Crippen LogP contribution in [-0.2, 0) is 11.2 Å². The molecule has 3 aromatic carbocycles. The standard InChI is InChI=1S/C30H27NO5/c1-21-27(19-20-34-25-15-17-26(18-16-25)36-30(2,3)29(32)33)31-28(35-21)24-13-11-23(12-14-24)10-9-22-7-5-4-6-8-22/h4-8,11-18H,19-20H2,1-3H3,(H,32,33). The minimum atomic E-state index is -1.31. The van der Waals surface area contributed by atoms with Crippen molar-refractivity contribution in [3.05, 3.63) is 101 Å². The smallest absolute Gasteiger partial charge is 0.347 e. The molecule has 0 aliphatic heterocycles. The van der Waals surface area contributed by atoms with Gasteiger partial charge in [-0.15, -0.1) is 0 Å². The predicted molar refractivity (Wildman–Crippen MR) is 137 cm³/mol. The summed E-state index contributed by atoms with van der Waals surface area (Å²) in [6.45, 7) is 5.31. The van der Waals surface area contributed by atoms with E-state index in [4.69, 9.17) is 13.9 Å². The van der Waals surface area contributed by atoms with Gasteiger partial charge in [0.1, 0.15) is 17.3 Å². The molecule has 0 saturated carbocycles. The number of hydrogen-bond acceptors (Lipinski definition) is 5. The molecule has 0 aliphatic carbocycles. The molecule has 0 fully saturated rings. The Balaban J connectivity index is 1.33. The summed E-state index contributed by atoms with van der Waals surface area (Å²) in [6.07, 6.45) is 0.584. The molecule has 0 aliphatic rings. The number of aliphatic carboxylic acids is 1. The number of aryl methyl sites for hydroxylation is 1. The van der Waals surface area contributed by atoms with E-state index in [9.17, 15) is 9.90 Å². The van der Waals surface area contributed by atoms with Crippen molar-refractivity contribution in [1.82, 2.24) is 4.98 Å². The minimum Gasteiger partial charge on any atom is -0.493 e. The average Bonchev–Trinajstić information content (AvgIpc) is 3.25. The Morgan fingerprint density at radius 2 is 1.53 bits per heavy atom. The monoisotopic (exact) mass is 481 g/mol. The van der Waals surface area contributed by atoms with E-state index < -0.39 is 11.6 Å². The van der Waals surface area contributed by atoms with Gasteiger partial charge >= 0.3 is 5.97 Å². The summed E-state index contributed by atoms with van der Waals surface area (Å²) in [5.41, 5.74) is 2.31. The van der Waals surface area contributed by atoms with Gasteiger partial charge < -0.3 is 19.0 Å². The van der Waals surface area contributed by atoms with Crippen molar-refractivity contribution in [3.8, 4) is 34.8 Å². The van der Waals surface area contributed by atoms with Gasteiger partial charge in [-0.05, 0) is 81.4 Å². The SMILES string of the molecule is Cc1oc(-c2ccc(C#Cc3ccccc3)cc2)nc1CCOc1ccc(OC(C)(C)C(=O)O)cc1. The Morgan fingerprint density at radius 3 is 2.17 bits per heavy atom. The molecule has 4 aromatic rings. The summed E-state index contributed by atoms with van der Waals surface area (Å²) in [4.78, 5) is 15.9. The molecule has 1 N–H and O–H groups in total. The second kappa shape index (κ2) is 10.8. The van der Waals surface area contributed by atoms with Gasteiger partial charge in [-0.25, -0.2) is 9.78 Å². The van der Waals surface area contributed by atoms with Gasteiger partial charge in [0.05, 0.1) is 12.3 Å². The molecule has 0 spiro atoms. The van der Waals surface area contributed by atoms with Gasteiger partial charge in [-0.2, -0.15) is 0 Å². The van der Waals surface area contributed by atoms with Gasteiger partial charge in [0.15, 0.2) is 5.60 Å². The van der Waals surface area contributed by atoms with Crippen molar-refractivity contribution in [2.24, 2.45) is 0 Å². The van der Waals surface area contributed by atoms with Crippen LogP contribution in [0, 0.1) is 18.8 Å². The zero-order valence-electron chi connectivity index (χ0n) is 20.4. The van der Waals surface area contributed by atoms with E-state index in [0.717, 1.165) is 28.1 Å². The van der Waals surface area contributed by atoms with Crippen molar-refractivity contribution < 1.29 is 23.8 Å². The van der Waals surface area contributed by atoms with E-state index >= 15 is 0 Å². The van der Waals surface area contributed by atoms with Crippen LogP contribution >= 0.6 is 0 Å². The Hall–Kier alpha value is -4.50. The normalized spacial score (nSPS) is 10.9. The van der Waals surface area contributed by atoms with Gasteiger partial charge in [0.25, 0.3) is 0 Å². The highest BCUT2D eigenvalue weighted by atomic mass is 16.5. The number of nitrogens with zero attached hydrogens (tertiary/aromatic N) is 1. The minimum absolute atomic E-state index is 0.418. The molecule has 182 valence electrons. The fourth-order valence-corrected chi connectivity index (χ4v) is 3.35. The lowest BCUT2D eigenvalue weighted by molar-refractivity contribution is -0.152. The van der Waals surface area contributed by atoms with Crippen molar-refractivity contribution in [2.75, 3.05) is 6.61 Å². The van der Waals surface area contributed by atoms with E-state index in [1.54, 1.807) is 24.3 Å². The van der Waals surface area contributed by atoms with Crippen LogP contribution in [0.2, 0.25) is 0 Å². The van der Waals surface area contributed by atoms with Gasteiger partial charge in [0.2, 0.25) is 5.89 Å². The largest absolute Gasteiger partial charge is 0.493 e. The maximum Gasteiger partial charge on any atom is 0.347 e. The van der Waals surface area contributed by atoms with Crippen LogP contribution in [0.3, 0.4) is 0 Å². The Labute approximate surface area is 210 Å².